The van der Waals surface area contributed by atoms with Crippen molar-refractivity contribution >= 4 is 23.7 Å². The largest absolute Gasteiger partial charge is 0.469 e. The first-order valence-corrected chi connectivity index (χ1v) is 8.07. The van der Waals surface area contributed by atoms with Crippen molar-refractivity contribution in [3.63, 3.8) is 0 Å². The van der Waals surface area contributed by atoms with Crippen LogP contribution in [-0.4, -0.2) is 36.7 Å². The Balaban J connectivity index is 2.67. The highest BCUT2D eigenvalue weighted by Crippen LogP contribution is 2.17. The average Bonchev–Trinajstić information content (AvgIpc) is 2.51. The van der Waals surface area contributed by atoms with E-state index >= 15 is 0 Å². The molecule has 1 rings (SSSR count). The van der Waals surface area contributed by atoms with Crippen LogP contribution in [0.2, 0.25) is 0 Å². The number of methoxy groups -OCH3 is 1. The molecule has 0 bridgehead atoms. The second-order valence-corrected chi connectivity index (χ2v) is 6.59. The Morgan fingerprint density at radius 1 is 1.16 bits per heavy atom. The van der Waals surface area contributed by atoms with Crippen LogP contribution in [0.4, 0.5) is 10.5 Å². The fourth-order valence-corrected chi connectivity index (χ4v) is 1.99. The van der Waals surface area contributed by atoms with Crippen LogP contribution in [0.25, 0.3) is 0 Å². The monoisotopic (exact) mass is 350 g/mol. The fraction of sp³-hybridized carbons (Fsp3) is 0.500. The van der Waals surface area contributed by atoms with Crippen molar-refractivity contribution in [2.24, 2.45) is 0 Å². The van der Waals surface area contributed by atoms with E-state index in [1.165, 1.54) is 7.11 Å². The average molecular weight is 350 g/mol. The maximum absolute atomic E-state index is 12.3. The van der Waals surface area contributed by atoms with Crippen LogP contribution < -0.4 is 10.6 Å². The number of anilines is 1. The number of amides is 2. The van der Waals surface area contributed by atoms with E-state index in [0.717, 1.165) is 5.56 Å². The molecule has 0 aliphatic carbocycles. The third-order valence-corrected chi connectivity index (χ3v) is 3.23. The molecule has 0 saturated carbocycles. The number of hydrogen-bond donors (Lipinski definition) is 2. The molecule has 0 radical (unpaired) electrons. The molecule has 1 unspecified atom stereocenters. The van der Waals surface area contributed by atoms with Crippen LogP contribution in [0.5, 0.6) is 0 Å². The summed E-state index contributed by atoms with van der Waals surface area (Å²) in [6, 6.07) is 6.40. The number of ether oxygens (including phenoxy) is 2. The lowest BCUT2D eigenvalue weighted by atomic mass is 10.1. The van der Waals surface area contributed by atoms with Crippen LogP contribution >= 0.6 is 0 Å². The van der Waals surface area contributed by atoms with Crippen molar-refractivity contribution in [2.45, 2.75) is 52.2 Å². The number of rotatable bonds is 6. The molecule has 0 aromatic heterocycles. The first-order chi connectivity index (χ1) is 11.6. The number of esters is 1. The number of nitrogens with one attached hydrogen (secondary N) is 2. The fourth-order valence-electron chi connectivity index (χ4n) is 1.99. The van der Waals surface area contributed by atoms with Gasteiger partial charge in [0.25, 0.3) is 0 Å². The second-order valence-electron chi connectivity index (χ2n) is 6.59. The summed E-state index contributed by atoms with van der Waals surface area (Å²) in [5, 5.41) is 5.25. The zero-order valence-corrected chi connectivity index (χ0v) is 15.3. The summed E-state index contributed by atoms with van der Waals surface area (Å²) in [5.74, 6) is -0.697. The van der Waals surface area contributed by atoms with E-state index < -0.39 is 17.7 Å². The standard InChI is InChI=1S/C18H26N2O5/c1-12(19-17(23)25-18(2,3)4)16(22)20-14-9-7-6-8-13(14)10-11-15(21)24-5/h6-9,12H,10-11H2,1-5H3,(H,19,23)(H,20,22). The third kappa shape index (κ3) is 7.69. The minimum Gasteiger partial charge on any atom is -0.469 e. The quantitative estimate of drug-likeness (QED) is 0.769. The van der Waals surface area contributed by atoms with E-state index in [1.807, 2.05) is 12.1 Å². The summed E-state index contributed by atoms with van der Waals surface area (Å²) >= 11 is 0. The topological polar surface area (TPSA) is 93.7 Å². The Labute approximate surface area is 148 Å². The molecular formula is C18H26N2O5. The zero-order valence-electron chi connectivity index (χ0n) is 15.3. The molecule has 7 nitrogen and oxygen atoms in total. The van der Waals surface area contributed by atoms with E-state index in [1.54, 1.807) is 39.8 Å². The predicted molar refractivity (Wildman–Crippen MR) is 94.2 cm³/mol. The van der Waals surface area contributed by atoms with Crippen LogP contribution in [0.3, 0.4) is 0 Å². The van der Waals surface area contributed by atoms with E-state index in [0.29, 0.717) is 12.1 Å². The zero-order chi connectivity index (χ0) is 19.0. The maximum atomic E-state index is 12.3. The lowest BCUT2D eigenvalue weighted by molar-refractivity contribution is -0.140. The van der Waals surface area contributed by atoms with Crippen molar-refractivity contribution in [3.8, 4) is 0 Å². The van der Waals surface area contributed by atoms with Gasteiger partial charge >= 0.3 is 12.1 Å². The molecule has 0 heterocycles. The van der Waals surface area contributed by atoms with Gasteiger partial charge in [-0.1, -0.05) is 18.2 Å². The van der Waals surface area contributed by atoms with Crippen molar-refractivity contribution in [1.29, 1.82) is 0 Å². The number of alkyl carbamates (subject to hydrolysis) is 1. The first kappa shape index (κ1) is 20.5. The van der Waals surface area contributed by atoms with Gasteiger partial charge < -0.3 is 20.1 Å². The molecule has 2 amide bonds. The van der Waals surface area contributed by atoms with E-state index in [9.17, 15) is 14.4 Å². The van der Waals surface area contributed by atoms with Gasteiger partial charge in [0.05, 0.1) is 7.11 Å². The van der Waals surface area contributed by atoms with Crippen LogP contribution in [0.15, 0.2) is 24.3 Å². The minimum absolute atomic E-state index is 0.217. The third-order valence-electron chi connectivity index (χ3n) is 3.23. The molecule has 25 heavy (non-hydrogen) atoms. The lowest BCUT2D eigenvalue weighted by Gasteiger charge is -2.22. The Morgan fingerprint density at radius 2 is 1.80 bits per heavy atom. The van der Waals surface area contributed by atoms with Gasteiger partial charge in [-0.25, -0.2) is 4.79 Å². The maximum Gasteiger partial charge on any atom is 0.408 e. The summed E-state index contributed by atoms with van der Waals surface area (Å²) in [7, 11) is 1.33. The minimum atomic E-state index is -0.775. The summed E-state index contributed by atoms with van der Waals surface area (Å²) in [5.41, 5.74) is 0.765. The predicted octanol–water partition coefficient (Wildman–Crippen LogP) is 2.64. The highest BCUT2D eigenvalue weighted by molar-refractivity contribution is 5.96. The molecular weight excluding hydrogens is 324 g/mol. The molecule has 0 spiro atoms. The first-order valence-electron chi connectivity index (χ1n) is 8.07. The Morgan fingerprint density at radius 3 is 2.40 bits per heavy atom. The summed E-state index contributed by atoms with van der Waals surface area (Å²) in [6.45, 7) is 6.80. The highest BCUT2D eigenvalue weighted by Gasteiger charge is 2.21. The molecule has 2 N–H and O–H groups in total. The number of aryl methyl sites for hydroxylation is 1. The second kappa shape index (κ2) is 9.05. The normalized spacial score (nSPS) is 12.0. The molecule has 0 aliphatic rings. The SMILES string of the molecule is COC(=O)CCc1ccccc1NC(=O)C(C)NC(=O)OC(C)(C)C. The Kier molecular flexibility index (Phi) is 7.42. The van der Waals surface area contributed by atoms with Crippen molar-refractivity contribution in [3.05, 3.63) is 29.8 Å². The van der Waals surface area contributed by atoms with E-state index in [-0.39, 0.29) is 18.3 Å². The lowest BCUT2D eigenvalue weighted by Crippen LogP contribution is -2.44. The van der Waals surface area contributed by atoms with E-state index in [2.05, 4.69) is 15.4 Å². The molecule has 0 fully saturated rings. The van der Waals surface area contributed by atoms with Crippen LogP contribution in [-0.2, 0) is 25.5 Å². The van der Waals surface area contributed by atoms with Crippen molar-refractivity contribution < 1.29 is 23.9 Å². The molecule has 138 valence electrons. The summed E-state index contributed by atoms with van der Waals surface area (Å²) in [6.07, 6.45) is 0.000611. The van der Waals surface area contributed by atoms with Crippen molar-refractivity contribution in [2.75, 3.05) is 12.4 Å². The number of carbonyl (C=O) groups excluding carboxylic acids is 3. The van der Waals surface area contributed by atoms with Crippen LogP contribution in [0, 0.1) is 0 Å². The van der Waals surface area contributed by atoms with Gasteiger partial charge in [0.15, 0.2) is 0 Å². The van der Waals surface area contributed by atoms with Gasteiger partial charge in [0, 0.05) is 12.1 Å². The van der Waals surface area contributed by atoms with Gasteiger partial charge in [-0.15, -0.1) is 0 Å². The van der Waals surface area contributed by atoms with Crippen molar-refractivity contribution in [1.82, 2.24) is 5.32 Å². The van der Waals surface area contributed by atoms with Gasteiger partial charge in [0.2, 0.25) is 5.91 Å². The summed E-state index contributed by atoms with van der Waals surface area (Å²) in [4.78, 5) is 35.3. The number of benzene rings is 1. The number of para-hydroxylation sites is 1. The molecule has 1 aromatic rings. The smallest absolute Gasteiger partial charge is 0.408 e. The number of carbonyl (C=O) groups is 3. The van der Waals surface area contributed by atoms with Gasteiger partial charge in [-0.3, -0.25) is 9.59 Å². The summed E-state index contributed by atoms with van der Waals surface area (Å²) < 4.78 is 9.76. The highest BCUT2D eigenvalue weighted by atomic mass is 16.6. The van der Waals surface area contributed by atoms with E-state index in [4.69, 9.17) is 4.74 Å². The molecule has 1 aromatic carbocycles. The van der Waals surface area contributed by atoms with Gasteiger partial charge in [-0.05, 0) is 45.7 Å². The Bertz CT molecular complexity index is 622. The Hall–Kier alpha value is -2.57. The molecule has 0 saturated heterocycles. The van der Waals surface area contributed by atoms with Crippen LogP contribution in [0.1, 0.15) is 39.7 Å². The molecule has 7 heteroatoms. The molecule has 1 atom stereocenters. The van der Waals surface area contributed by atoms with Gasteiger partial charge in [-0.2, -0.15) is 0 Å². The molecule has 0 aliphatic heterocycles. The number of hydrogen-bond acceptors (Lipinski definition) is 5. The van der Waals surface area contributed by atoms with Gasteiger partial charge in [0.1, 0.15) is 11.6 Å².